The van der Waals surface area contributed by atoms with Crippen LogP contribution in [0.15, 0.2) is 12.4 Å². The highest BCUT2D eigenvalue weighted by Gasteiger charge is 2.72. The van der Waals surface area contributed by atoms with Crippen molar-refractivity contribution in [2.45, 2.75) is 83.5 Å². The number of hydrogen-bond acceptors (Lipinski definition) is 5. The monoisotopic (exact) mass is 427 g/mol. The molecule has 0 amide bonds. The maximum Gasteiger partial charge on any atom is 0.157 e. The third-order valence-electron chi connectivity index (χ3n) is 10.6. The first-order valence-corrected chi connectivity index (χ1v) is 12.7. The molecule has 0 saturated heterocycles. The lowest BCUT2D eigenvalue weighted by molar-refractivity contribution is -0.131. The normalized spacial score (nSPS) is 50.2. The van der Waals surface area contributed by atoms with Gasteiger partial charge in [0.15, 0.2) is 5.78 Å². The van der Waals surface area contributed by atoms with Crippen LogP contribution < -0.4 is 0 Å². The summed E-state index contributed by atoms with van der Waals surface area (Å²) in [6.45, 7) is 5.54. The molecule has 5 saturated carbocycles. The van der Waals surface area contributed by atoms with Crippen LogP contribution in [-0.2, 0) is 16.1 Å². The van der Waals surface area contributed by atoms with Gasteiger partial charge in [-0.1, -0.05) is 12.1 Å². The summed E-state index contributed by atoms with van der Waals surface area (Å²) in [7, 11) is 0. The molecule has 5 aliphatic rings. The molecule has 10 atom stereocenters. The minimum atomic E-state index is -0.528. The van der Waals surface area contributed by atoms with Crippen LogP contribution in [0.4, 0.5) is 0 Å². The molecule has 0 bridgehead atoms. The van der Waals surface area contributed by atoms with E-state index in [1.54, 1.807) is 17.1 Å². The first-order chi connectivity index (χ1) is 15.0. The van der Waals surface area contributed by atoms with Gasteiger partial charge in [0.25, 0.3) is 0 Å². The van der Waals surface area contributed by atoms with Crippen molar-refractivity contribution < 1.29 is 14.6 Å². The van der Waals surface area contributed by atoms with Crippen molar-refractivity contribution in [1.82, 2.24) is 15.0 Å². The summed E-state index contributed by atoms with van der Waals surface area (Å²) in [5.41, 5.74) is -0.381. The average Bonchev–Trinajstić information content (AvgIpc) is 3.08. The van der Waals surface area contributed by atoms with E-state index in [-0.39, 0.29) is 17.4 Å². The van der Waals surface area contributed by atoms with Crippen molar-refractivity contribution in [3.63, 3.8) is 0 Å². The zero-order valence-corrected chi connectivity index (χ0v) is 18.9. The zero-order chi connectivity index (χ0) is 21.4. The van der Waals surface area contributed by atoms with Gasteiger partial charge in [0.05, 0.1) is 17.9 Å². The Hall–Kier alpha value is -1.27. The van der Waals surface area contributed by atoms with E-state index >= 15 is 0 Å². The van der Waals surface area contributed by atoms with E-state index in [1.165, 1.54) is 38.5 Å². The number of Topliss-reactive ketones (excluding diaryl/α,β-unsaturated/α-hetero) is 1. The average molecular weight is 428 g/mol. The molecule has 0 aliphatic heterocycles. The molecular formula is C25H37N3O3. The molecule has 0 aromatic carbocycles. The van der Waals surface area contributed by atoms with E-state index in [1.807, 2.05) is 6.92 Å². The van der Waals surface area contributed by atoms with Gasteiger partial charge >= 0.3 is 0 Å². The molecular weight excluding hydrogens is 390 g/mol. The van der Waals surface area contributed by atoms with Crippen LogP contribution >= 0.6 is 0 Å². The van der Waals surface area contributed by atoms with Crippen molar-refractivity contribution in [2.75, 3.05) is 6.61 Å². The van der Waals surface area contributed by atoms with E-state index in [2.05, 4.69) is 17.2 Å². The van der Waals surface area contributed by atoms with Crippen molar-refractivity contribution in [3.05, 3.63) is 12.4 Å². The lowest BCUT2D eigenvalue weighted by atomic mass is 9.49. The molecule has 5 fully saturated rings. The standard InChI is InChI=1S/C25H37N3O3/c1-3-31-23-22-18-5-4-17-15(16(18)9-11-25(22,23)30)8-10-24(2)19(17)6-7-20(24)21(29)14-28-13-12-26-27-28/h12-13,15-20,22-23,30H,3-11,14H2,1-2H3/t15-,16-,17-,18-,19+,20-,22?,23?,24+,25-/m1/s1. The Labute approximate surface area is 185 Å². The van der Waals surface area contributed by atoms with Crippen LogP contribution in [0.3, 0.4) is 0 Å². The first kappa shape index (κ1) is 20.3. The van der Waals surface area contributed by atoms with E-state index in [0.717, 1.165) is 30.6 Å². The van der Waals surface area contributed by atoms with Crippen LogP contribution in [0, 0.1) is 46.8 Å². The van der Waals surface area contributed by atoms with Crippen molar-refractivity contribution >= 4 is 5.78 Å². The highest BCUT2D eigenvalue weighted by Crippen LogP contribution is 2.69. The number of carbonyl (C=O) groups excluding carboxylic acids is 1. The number of ketones is 1. The van der Waals surface area contributed by atoms with E-state index in [9.17, 15) is 9.90 Å². The second-order valence-corrected chi connectivity index (χ2v) is 11.5. The van der Waals surface area contributed by atoms with Crippen LogP contribution in [0.2, 0.25) is 0 Å². The largest absolute Gasteiger partial charge is 0.387 e. The number of nitrogens with zero attached hydrogens (tertiary/aromatic N) is 3. The molecule has 170 valence electrons. The molecule has 6 nitrogen and oxygen atoms in total. The number of ether oxygens (including phenoxy) is 1. The van der Waals surface area contributed by atoms with Crippen LogP contribution in [-0.4, -0.2) is 44.2 Å². The fourth-order valence-electron chi connectivity index (χ4n) is 9.32. The summed E-state index contributed by atoms with van der Waals surface area (Å²) in [5.74, 6) is 4.52. The van der Waals surface area contributed by atoms with Gasteiger partial charge in [-0.25, -0.2) is 4.68 Å². The number of aliphatic hydroxyl groups is 1. The summed E-state index contributed by atoms with van der Waals surface area (Å²) in [4.78, 5) is 13.2. The Bertz CT molecular complexity index is 843. The van der Waals surface area contributed by atoms with Crippen LogP contribution in [0.25, 0.3) is 0 Å². The fraction of sp³-hybridized carbons (Fsp3) is 0.880. The highest BCUT2D eigenvalue weighted by atomic mass is 16.5. The van der Waals surface area contributed by atoms with Crippen LogP contribution in [0.1, 0.15) is 65.2 Å². The summed E-state index contributed by atoms with van der Waals surface area (Å²) >= 11 is 0. The van der Waals surface area contributed by atoms with Gasteiger partial charge in [-0.3, -0.25) is 4.79 Å². The maximum atomic E-state index is 13.2. The molecule has 1 aromatic heterocycles. The minimum Gasteiger partial charge on any atom is -0.387 e. The second-order valence-electron chi connectivity index (χ2n) is 11.5. The Balaban J connectivity index is 1.18. The smallest absolute Gasteiger partial charge is 0.157 e. The highest BCUT2D eigenvalue weighted by molar-refractivity contribution is 5.82. The molecule has 2 unspecified atom stereocenters. The molecule has 0 spiro atoms. The number of hydrogen-bond donors (Lipinski definition) is 1. The Morgan fingerprint density at radius 1 is 1.10 bits per heavy atom. The molecule has 1 aromatic rings. The molecule has 5 aliphatic carbocycles. The quantitative estimate of drug-likeness (QED) is 0.778. The van der Waals surface area contributed by atoms with E-state index in [0.29, 0.717) is 36.7 Å². The third-order valence-corrected chi connectivity index (χ3v) is 10.6. The maximum absolute atomic E-state index is 13.2. The molecule has 6 rings (SSSR count). The Morgan fingerprint density at radius 3 is 2.65 bits per heavy atom. The van der Waals surface area contributed by atoms with Gasteiger partial charge in [-0.05, 0) is 93.3 Å². The van der Waals surface area contributed by atoms with Gasteiger partial charge < -0.3 is 9.84 Å². The second kappa shape index (κ2) is 7.11. The van der Waals surface area contributed by atoms with Crippen molar-refractivity contribution in [3.8, 4) is 0 Å². The minimum absolute atomic E-state index is 0.0863. The summed E-state index contributed by atoms with van der Waals surface area (Å²) in [6.07, 6.45) is 12.8. The van der Waals surface area contributed by atoms with Gasteiger partial charge in [0.2, 0.25) is 0 Å². The first-order valence-electron chi connectivity index (χ1n) is 12.7. The third kappa shape index (κ3) is 2.86. The predicted molar refractivity (Wildman–Crippen MR) is 115 cm³/mol. The van der Waals surface area contributed by atoms with E-state index in [4.69, 9.17) is 4.74 Å². The molecule has 31 heavy (non-hydrogen) atoms. The van der Waals surface area contributed by atoms with E-state index < -0.39 is 5.60 Å². The fourth-order valence-corrected chi connectivity index (χ4v) is 9.32. The topological polar surface area (TPSA) is 77.2 Å². The lowest BCUT2D eigenvalue weighted by Crippen LogP contribution is -2.50. The summed E-state index contributed by atoms with van der Waals surface area (Å²) in [5, 5.41) is 19.0. The van der Waals surface area contributed by atoms with Crippen molar-refractivity contribution in [1.29, 1.82) is 0 Å². The lowest BCUT2D eigenvalue weighted by Gasteiger charge is -2.55. The Morgan fingerprint density at radius 2 is 1.87 bits per heavy atom. The van der Waals surface area contributed by atoms with Gasteiger partial charge in [-0.15, -0.1) is 5.10 Å². The zero-order valence-electron chi connectivity index (χ0n) is 18.9. The van der Waals surface area contributed by atoms with Crippen molar-refractivity contribution in [2.24, 2.45) is 46.8 Å². The SMILES string of the molecule is CCOC1C2[C@@H]3CC[C@@H]4[C@H](CC[C@]5(C)[C@@H](C(=O)Cn6ccnn6)CC[C@@H]45)[C@H]3CC[C@]12O. The molecule has 6 heteroatoms. The van der Waals surface area contributed by atoms with Gasteiger partial charge in [0, 0.05) is 24.6 Å². The number of rotatable bonds is 5. The number of aromatic nitrogens is 3. The molecule has 1 N–H and O–H groups in total. The molecule has 1 heterocycles. The van der Waals surface area contributed by atoms with Crippen LogP contribution in [0.5, 0.6) is 0 Å². The summed E-state index contributed by atoms with van der Waals surface area (Å²) in [6, 6.07) is 0. The Kier molecular flexibility index (Phi) is 4.67. The van der Waals surface area contributed by atoms with Gasteiger partial charge in [0.1, 0.15) is 6.54 Å². The van der Waals surface area contributed by atoms with Gasteiger partial charge in [-0.2, -0.15) is 0 Å². The number of carbonyl (C=O) groups is 1. The predicted octanol–water partition coefficient (Wildman–Crippen LogP) is 3.49. The molecule has 0 radical (unpaired) electrons. The number of fused-ring (bicyclic) bond motifs is 7. The summed E-state index contributed by atoms with van der Waals surface area (Å²) < 4.78 is 7.64.